The summed E-state index contributed by atoms with van der Waals surface area (Å²) in [5, 5.41) is 2.44. The summed E-state index contributed by atoms with van der Waals surface area (Å²) in [5.74, 6) is -1.70. The molecule has 0 saturated carbocycles. The molecule has 154 valence electrons. The third kappa shape index (κ3) is 6.31. The molecule has 1 N–H and O–H groups in total. The van der Waals surface area contributed by atoms with E-state index in [0.29, 0.717) is 30.2 Å². The molecule has 2 rings (SSSR count). The number of nitrogens with zero attached hydrogens (tertiary/aromatic N) is 1. The zero-order valence-corrected chi connectivity index (χ0v) is 16.3. The SMILES string of the molecule is CCOc1ccccc1C(=O)NCC(=O)OCC(=O)N(CC)c1ccc(F)cc1. The van der Waals surface area contributed by atoms with Gasteiger partial charge in [0.25, 0.3) is 11.8 Å². The molecule has 7 nitrogen and oxygen atoms in total. The van der Waals surface area contributed by atoms with Gasteiger partial charge in [-0.3, -0.25) is 14.4 Å². The minimum Gasteiger partial charge on any atom is -0.493 e. The van der Waals surface area contributed by atoms with E-state index in [9.17, 15) is 18.8 Å². The third-order valence-corrected chi connectivity index (χ3v) is 3.94. The van der Waals surface area contributed by atoms with Gasteiger partial charge < -0.3 is 19.7 Å². The van der Waals surface area contributed by atoms with Crippen molar-refractivity contribution in [3.05, 3.63) is 59.9 Å². The Morgan fingerprint density at radius 2 is 1.72 bits per heavy atom. The van der Waals surface area contributed by atoms with Gasteiger partial charge in [0.2, 0.25) is 0 Å². The van der Waals surface area contributed by atoms with Crippen LogP contribution >= 0.6 is 0 Å². The Labute approximate surface area is 168 Å². The predicted octanol–water partition coefficient (Wildman–Crippen LogP) is 2.55. The summed E-state index contributed by atoms with van der Waals surface area (Å²) in [4.78, 5) is 37.8. The van der Waals surface area contributed by atoms with Gasteiger partial charge in [-0.05, 0) is 50.2 Å². The van der Waals surface area contributed by atoms with Crippen molar-refractivity contribution in [1.29, 1.82) is 0 Å². The van der Waals surface area contributed by atoms with Crippen LogP contribution in [0.5, 0.6) is 5.75 Å². The summed E-state index contributed by atoms with van der Waals surface area (Å²) < 4.78 is 23.4. The number of para-hydroxylation sites is 1. The maximum atomic E-state index is 13.0. The molecule has 0 aliphatic carbocycles. The number of hydrogen-bond acceptors (Lipinski definition) is 5. The first-order chi connectivity index (χ1) is 14.0. The minimum atomic E-state index is -0.754. The van der Waals surface area contributed by atoms with Crippen LogP contribution < -0.4 is 15.0 Å². The number of hydrogen-bond donors (Lipinski definition) is 1. The monoisotopic (exact) mass is 402 g/mol. The van der Waals surface area contributed by atoms with E-state index in [1.54, 1.807) is 38.1 Å². The maximum Gasteiger partial charge on any atom is 0.325 e. The lowest BCUT2D eigenvalue weighted by atomic mass is 10.2. The molecule has 0 saturated heterocycles. The summed E-state index contributed by atoms with van der Waals surface area (Å²) in [6.45, 7) is 3.39. The van der Waals surface area contributed by atoms with Crippen molar-refractivity contribution in [2.75, 3.05) is 31.2 Å². The van der Waals surface area contributed by atoms with Crippen molar-refractivity contribution in [3.8, 4) is 5.75 Å². The fraction of sp³-hybridized carbons (Fsp3) is 0.286. The molecular weight excluding hydrogens is 379 g/mol. The van der Waals surface area contributed by atoms with Gasteiger partial charge in [0.15, 0.2) is 6.61 Å². The molecule has 0 spiro atoms. The van der Waals surface area contributed by atoms with E-state index in [1.165, 1.54) is 29.2 Å². The summed E-state index contributed by atoms with van der Waals surface area (Å²) in [7, 11) is 0. The van der Waals surface area contributed by atoms with Crippen LogP contribution in [0.4, 0.5) is 10.1 Å². The number of likely N-dealkylation sites (N-methyl/N-ethyl adjacent to an activating group) is 1. The summed E-state index contributed by atoms with van der Waals surface area (Å²) in [6.07, 6.45) is 0. The molecule has 0 atom stereocenters. The van der Waals surface area contributed by atoms with Crippen molar-refractivity contribution in [2.24, 2.45) is 0 Å². The second kappa shape index (κ2) is 10.8. The highest BCUT2D eigenvalue weighted by Crippen LogP contribution is 2.17. The Hall–Kier alpha value is -3.42. The third-order valence-electron chi connectivity index (χ3n) is 3.94. The zero-order chi connectivity index (χ0) is 21.2. The quantitative estimate of drug-likeness (QED) is 0.652. The number of rotatable bonds is 9. The van der Waals surface area contributed by atoms with Crippen molar-refractivity contribution < 1.29 is 28.2 Å². The number of ether oxygens (including phenoxy) is 2. The van der Waals surface area contributed by atoms with Crippen LogP contribution in [-0.4, -0.2) is 44.1 Å². The molecule has 2 aromatic carbocycles. The number of anilines is 1. The van der Waals surface area contributed by atoms with Gasteiger partial charge in [0.05, 0.1) is 12.2 Å². The molecule has 0 aliphatic heterocycles. The van der Waals surface area contributed by atoms with Crippen LogP contribution in [0.15, 0.2) is 48.5 Å². The maximum absolute atomic E-state index is 13.0. The van der Waals surface area contributed by atoms with Crippen LogP contribution in [0.1, 0.15) is 24.2 Å². The molecule has 0 bridgehead atoms. The minimum absolute atomic E-state index is 0.298. The lowest BCUT2D eigenvalue weighted by Crippen LogP contribution is -2.36. The van der Waals surface area contributed by atoms with E-state index in [1.807, 2.05) is 0 Å². The lowest BCUT2D eigenvalue weighted by Gasteiger charge is -2.20. The van der Waals surface area contributed by atoms with Crippen LogP contribution in [-0.2, 0) is 14.3 Å². The Balaban J connectivity index is 1.85. The van der Waals surface area contributed by atoms with E-state index in [0.717, 1.165) is 0 Å². The van der Waals surface area contributed by atoms with Gasteiger partial charge in [-0.25, -0.2) is 4.39 Å². The summed E-state index contributed by atoms with van der Waals surface area (Å²) in [5.41, 5.74) is 0.794. The van der Waals surface area contributed by atoms with Crippen molar-refractivity contribution in [3.63, 3.8) is 0 Å². The second-order valence-corrected chi connectivity index (χ2v) is 5.89. The second-order valence-electron chi connectivity index (χ2n) is 5.89. The highest BCUT2D eigenvalue weighted by Gasteiger charge is 2.17. The smallest absolute Gasteiger partial charge is 0.325 e. The molecule has 2 aromatic rings. The van der Waals surface area contributed by atoms with Gasteiger partial charge in [-0.1, -0.05) is 12.1 Å². The number of benzene rings is 2. The molecule has 0 radical (unpaired) electrons. The highest BCUT2D eigenvalue weighted by molar-refractivity contribution is 5.99. The van der Waals surface area contributed by atoms with Gasteiger partial charge >= 0.3 is 5.97 Å². The Kier molecular flexibility index (Phi) is 8.14. The first-order valence-corrected chi connectivity index (χ1v) is 9.17. The average Bonchev–Trinajstić information content (AvgIpc) is 2.73. The van der Waals surface area contributed by atoms with Gasteiger partial charge in [-0.2, -0.15) is 0 Å². The Morgan fingerprint density at radius 1 is 1.03 bits per heavy atom. The molecule has 2 amide bonds. The molecule has 0 aliphatic rings. The van der Waals surface area contributed by atoms with E-state index in [4.69, 9.17) is 9.47 Å². The molecule has 0 fully saturated rings. The Morgan fingerprint density at radius 3 is 2.38 bits per heavy atom. The number of nitrogens with one attached hydrogen (secondary N) is 1. The van der Waals surface area contributed by atoms with Gasteiger partial charge in [-0.15, -0.1) is 0 Å². The van der Waals surface area contributed by atoms with Crippen LogP contribution in [0.25, 0.3) is 0 Å². The fourth-order valence-electron chi connectivity index (χ4n) is 2.58. The van der Waals surface area contributed by atoms with E-state index in [2.05, 4.69) is 5.32 Å². The first kappa shape index (κ1) is 21.9. The normalized spacial score (nSPS) is 10.2. The topological polar surface area (TPSA) is 84.9 Å². The molecular formula is C21H23FN2O5. The van der Waals surface area contributed by atoms with Crippen molar-refractivity contribution in [1.82, 2.24) is 5.32 Å². The van der Waals surface area contributed by atoms with E-state index in [-0.39, 0.29) is 0 Å². The van der Waals surface area contributed by atoms with Gasteiger partial charge in [0, 0.05) is 12.2 Å². The summed E-state index contributed by atoms with van der Waals surface area (Å²) in [6, 6.07) is 12.1. The average molecular weight is 402 g/mol. The van der Waals surface area contributed by atoms with Gasteiger partial charge in [0.1, 0.15) is 18.1 Å². The van der Waals surface area contributed by atoms with Crippen molar-refractivity contribution >= 4 is 23.5 Å². The Bertz CT molecular complexity index is 854. The predicted molar refractivity (Wildman–Crippen MR) is 105 cm³/mol. The zero-order valence-electron chi connectivity index (χ0n) is 16.3. The lowest BCUT2D eigenvalue weighted by molar-refractivity contribution is -0.146. The molecule has 29 heavy (non-hydrogen) atoms. The number of esters is 1. The van der Waals surface area contributed by atoms with E-state index < -0.39 is 36.8 Å². The number of amides is 2. The van der Waals surface area contributed by atoms with Crippen LogP contribution in [0, 0.1) is 5.82 Å². The number of carbonyl (C=O) groups is 3. The van der Waals surface area contributed by atoms with Crippen LogP contribution in [0.3, 0.4) is 0 Å². The van der Waals surface area contributed by atoms with Crippen LogP contribution in [0.2, 0.25) is 0 Å². The standard InChI is InChI=1S/C21H23FN2O5/c1-3-24(16-11-9-15(22)10-12-16)19(25)14-29-20(26)13-23-21(27)17-7-5-6-8-18(17)28-4-2/h5-12H,3-4,13-14H2,1-2H3,(H,23,27). The molecule has 8 heteroatoms. The largest absolute Gasteiger partial charge is 0.493 e. The molecule has 0 unspecified atom stereocenters. The first-order valence-electron chi connectivity index (χ1n) is 9.17. The van der Waals surface area contributed by atoms with E-state index >= 15 is 0 Å². The van der Waals surface area contributed by atoms with Crippen molar-refractivity contribution in [2.45, 2.75) is 13.8 Å². The number of carbonyl (C=O) groups excluding carboxylic acids is 3. The molecule has 0 heterocycles. The summed E-state index contributed by atoms with van der Waals surface area (Å²) >= 11 is 0. The highest BCUT2D eigenvalue weighted by atomic mass is 19.1. The number of halogens is 1. The fourth-order valence-corrected chi connectivity index (χ4v) is 2.58. The molecule has 0 aromatic heterocycles.